The minimum absolute atomic E-state index is 0.174. The van der Waals surface area contributed by atoms with Crippen LogP contribution in [-0.2, 0) is 20.8 Å². The van der Waals surface area contributed by atoms with E-state index in [1.807, 2.05) is 31.2 Å². The van der Waals surface area contributed by atoms with Crippen molar-refractivity contribution in [2.75, 3.05) is 23.3 Å². The van der Waals surface area contributed by atoms with Gasteiger partial charge in [-0.2, -0.15) is 0 Å². The predicted molar refractivity (Wildman–Crippen MR) is 106 cm³/mol. The summed E-state index contributed by atoms with van der Waals surface area (Å²) in [6.45, 7) is 3.29. The van der Waals surface area contributed by atoms with Crippen LogP contribution in [0.3, 0.4) is 0 Å². The molecular weight excluding hydrogens is 358 g/mol. The Balaban J connectivity index is 1.58. The summed E-state index contributed by atoms with van der Waals surface area (Å²) in [5.74, 6) is -0.487. The average molecular weight is 381 g/mol. The Morgan fingerprint density at radius 2 is 1.79 bits per heavy atom. The third-order valence-electron chi connectivity index (χ3n) is 4.49. The number of ether oxygens (including phenoxy) is 1. The first-order chi connectivity index (χ1) is 13.5. The minimum Gasteiger partial charge on any atom is -0.479 e. The molecule has 2 aromatic carbocycles. The summed E-state index contributed by atoms with van der Waals surface area (Å²) >= 11 is 0. The molecule has 3 rings (SSSR count). The summed E-state index contributed by atoms with van der Waals surface area (Å²) in [6.07, 6.45) is 0.121. The maximum absolute atomic E-state index is 12.4. The molecule has 3 amide bonds. The Morgan fingerprint density at radius 3 is 2.57 bits per heavy atom. The van der Waals surface area contributed by atoms with Gasteiger partial charge in [0.15, 0.2) is 6.10 Å². The summed E-state index contributed by atoms with van der Waals surface area (Å²) < 4.78 is 5.56. The first-order valence-corrected chi connectivity index (χ1v) is 9.21. The highest BCUT2D eigenvalue weighted by atomic mass is 16.5. The maximum atomic E-state index is 12.4. The number of amides is 3. The molecule has 0 spiro atoms. The van der Waals surface area contributed by atoms with E-state index in [0.29, 0.717) is 11.4 Å². The number of aryl methyl sites for hydroxylation is 1. The van der Waals surface area contributed by atoms with E-state index in [2.05, 4.69) is 10.6 Å². The maximum Gasteiger partial charge on any atom is 0.268 e. The second kappa shape index (κ2) is 8.56. The molecule has 2 aromatic rings. The van der Waals surface area contributed by atoms with Crippen molar-refractivity contribution in [2.45, 2.75) is 26.4 Å². The average Bonchev–Trinajstić information content (AvgIpc) is 2.70. The monoisotopic (exact) mass is 381 g/mol. The van der Waals surface area contributed by atoms with E-state index < -0.39 is 12.0 Å². The SMILES string of the molecule is CCc1ccccc1NC(=O)CNC(=O)CN1C(=O)[C@@H](C)Oc2ccccc21. The van der Waals surface area contributed by atoms with Gasteiger partial charge in [-0.05, 0) is 37.1 Å². The predicted octanol–water partition coefficient (Wildman–Crippen LogP) is 2.12. The van der Waals surface area contributed by atoms with Crippen molar-refractivity contribution in [3.8, 4) is 5.75 Å². The van der Waals surface area contributed by atoms with E-state index in [4.69, 9.17) is 4.74 Å². The van der Waals surface area contributed by atoms with Crippen molar-refractivity contribution in [1.82, 2.24) is 5.32 Å². The molecular formula is C21H23N3O4. The fraction of sp³-hybridized carbons (Fsp3) is 0.286. The lowest BCUT2D eigenvalue weighted by atomic mass is 10.1. The number of rotatable bonds is 6. The number of fused-ring (bicyclic) bond motifs is 1. The van der Waals surface area contributed by atoms with E-state index in [1.165, 1.54) is 4.90 Å². The lowest BCUT2D eigenvalue weighted by Crippen LogP contribution is -2.49. The van der Waals surface area contributed by atoms with Gasteiger partial charge >= 0.3 is 0 Å². The number of para-hydroxylation sites is 3. The second-order valence-corrected chi connectivity index (χ2v) is 6.49. The molecule has 7 heteroatoms. The third kappa shape index (κ3) is 4.31. The van der Waals surface area contributed by atoms with Crippen LogP contribution >= 0.6 is 0 Å². The van der Waals surface area contributed by atoms with Crippen molar-refractivity contribution in [3.05, 3.63) is 54.1 Å². The molecule has 0 aliphatic carbocycles. The van der Waals surface area contributed by atoms with Gasteiger partial charge in [0.1, 0.15) is 12.3 Å². The number of hydrogen-bond donors (Lipinski definition) is 2. The van der Waals surface area contributed by atoms with Crippen LogP contribution in [0.1, 0.15) is 19.4 Å². The third-order valence-corrected chi connectivity index (χ3v) is 4.49. The van der Waals surface area contributed by atoms with Crippen molar-refractivity contribution in [1.29, 1.82) is 0 Å². The molecule has 0 aromatic heterocycles. The van der Waals surface area contributed by atoms with Crippen molar-refractivity contribution in [2.24, 2.45) is 0 Å². The van der Waals surface area contributed by atoms with Gasteiger partial charge in [-0.3, -0.25) is 19.3 Å². The number of hydrogen-bond acceptors (Lipinski definition) is 4. The smallest absolute Gasteiger partial charge is 0.268 e. The Bertz CT molecular complexity index is 897. The van der Waals surface area contributed by atoms with E-state index in [9.17, 15) is 14.4 Å². The Morgan fingerprint density at radius 1 is 1.07 bits per heavy atom. The van der Waals surface area contributed by atoms with Gasteiger partial charge in [0, 0.05) is 5.69 Å². The first kappa shape index (κ1) is 19.4. The summed E-state index contributed by atoms with van der Waals surface area (Å²) in [5.41, 5.74) is 2.30. The molecule has 1 heterocycles. The van der Waals surface area contributed by atoms with Crippen LogP contribution < -0.4 is 20.3 Å². The van der Waals surface area contributed by atoms with Gasteiger partial charge in [0.2, 0.25) is 11.8 Å². The summed E-state index contributed by atoms with van der Waals surface area (Å²) in [5, 5.41) is 5.37. The number of anilines is 2. The zero-order chi connectivity index (χ0) is 20.1. The molecule has 0 unspecified atom stereocenters. The number of nitrogens with zero attached hydrogens (tertiary/aromatic N) is 1. The van der Waals surface area contributed by atoms with Gasteiger partial charge < -0.3 is 15.4 Å². The highest BCUT2D eigenvalue weighted by Gasteiger charge is 2.32. The second-order valence-electron chi connectivity index (χ2n) is 6.49. The zero-order valence-corrected chi connectivity index (χ0v) is 15.9. The van der Waals surface area contributed by atoms with E-state index in [1.54, 1.807) is 31.2 Å². The fourth-order valence-corrected chi connectivity index (χ4v) is 3.05. The van der Waals surface area contributed by atoms with Crippen LogP contribution in [0.15, 0.2) is 48.5 Å². The van der Waals surface area contributed by atoms with Crippen molar-refractivity contribution >= 4 is 29.1 Å². The van der Waals surface area contributed by atoms with Crippen LogP contribution in [0.5, 0.6) is 5.75 Å². The highest BCUT2D eigenvalue weighted by molar-refractivity contribution is 6.04. The Labute approximate surface area is 163 Å². The fourth-order valence-electron chi connectivity index (χ4n) is 3.05. The molecule has 146 valence electrons. The van der Waals surface area contributed by atoms with Gasteiger partial charge in [-0.25, -0.2) is 0 Å². The quantitative estimate of drug-likeness (QED) is 0.802. The number of nitrogens with one attached hydrogen (secondary N) is 2. The summed E-state index contributed by atoms with van der Waals surface area (Å²) in [6, 6.07) is 14.6. The largest absolute Gasteiger partial charge is 0.479 e. The first-order valence-electron chi connectivity index (χ1n) is 9.21. The van der Waals surface area contributed by atoms with Gasteiger partial charge in [-0.1, -0.05) is 37.3 Å². The lowest BCUT2D eigenvalue weighted by Gasteiger charge is -2.32. The van der Waals surface area contributed by atoms with Gasteiger partial charge in [-0.15, -0.1) is 0 Å². The molecule has 2 N–H and O–H groups in total. The molecule has 0 bridgehead atoms. The summed E-state index contributed by atoms with van der Waals surface area (Å²) in [4.78, 5) is 38.3. The van der Waals surface area contributed by atoms with Crippen LogP contribution in [0.4, 0.5) is 11.4 Å². The highest BCUT2D eigenvalue weighted by Crippen LogP contribution is 2.33. The lowest BCUT2D eigenvalue weighted by molar-refractivity contribution is -0.128. The van der Waals surface area contributed by atoms with Crippen molar-refractivity contribution in [3.63, 3.8) is 0 Å². The summed E-state index contributed by atoms with van der Waals surface area (Å²) in [7, 11) is 0. The van der Waals surface area contributed by atoms with E-state index in [0.717, 1.165) is 17.7 Å². The van der Waals surface area contributed by atoms with E-state index in [-0.39, 0.29) is 24.9 Å². The van der Waals surface area contributed by atoms with Gasteiger partial charge in [0.05, 0.1) is 12.2 Å². The Hall–Kier alpha value is -3.35. The van der Waals surface area contributed by atoms with E-state index >= 15 is 0 Å². The molecule has 0 fully saturated rings. The Kier molecular flexibility index (Phi) is 5.93. The molecule has 0 saturated carbocycles. The van der Waals surface area contributed by atoms with Crippen LogP contribution in [0.25, 0.3) is 0 Å². The zero-order valence-electron chi connectivity index (χ0n) is 15.9. The minimum atomic E-state index is -0.670. The number of benzene rings is 2. The molecule has 1 atom stereocenters. The normalized spacial score (nSPS) is 15.4. The van der Waals surface area contributed by atoms with Crippen molar-refractivity contribution < 1.29 is 19.1 Å². The molecule has 0 saturated heterocycles. The van der Waals surface area contributed by atoms with Crippen LogP contribution in [0.2, 0.25) is 0 Å². The molecule has 0 radical (unpaired) electrons. The van der Waals surface area contributed by atoms with Crippen LogP contribution in [0, 0.1) is 0 Å². The van der Waals surface area contributed by atoms with Gasteiger partial charge in [0.25, 0.3) is 5.91 Å². The number of carbonyl (C=O) groups excluding carboxylic acids is 3. The molecule has 1 aliphatic heterocycles. The van der Waals surface area contributed by atoms with Crippen LogP contribution in [-0.4, -0.2) is 36.9 Å². The number of carbonyl (C=O) groups is 3. The molecule has 7 nitrogen and oxygen atoms in total. The standard InChI is InChI=1S/C21H23N3O4/c1-3-15-8-4-5-9-16(15)23-19(25)12-22-20(26)13-24-17-10-6-7-11-18(17)28-14(2)21(24)27/h4-11,14H,3,12-13H2,1-2H3,(H,22,26)(H,23,25)/t14-/m1/s1. The molecule has 1 aliphatic rings. The molecule has 28 heavy (non-hydrogen) atoms. The topological polar surface area (TPSA) is 87.7 Å².